The smallest absolute Gasteiger partial charge is 0.335 e. The second kappa shape index (κ2) is 12.5. The Morgan fingerprint density at radius 1 is 1.16 bits per heavy atom. The van der Waals surface area contributed by atoms with Crippen molar-refractivity contribution in [1.29, 1.82) is 0 Å². The van der Waals surface area contributed by atoms with Crippen LogP contribution in [0.4, 0.5) is 5.69 Å². The maximum Gasteiger partial charge on any atom is 0.335 e. The Balaban J connectivity index is 1.28. The van der Waals surface area contributed by atoms with Crippen molar-refractivity contribution in [2.45, 2.75) is 69.8 Å². The van der Waals surface area contributed by atoms with Gasteiger partial charge in [-0.15, -0.1) is 0 Å². The van der Waals surface area contributed by atoms with Gasteiger partial charge in [0.05, 0.1) is 36.5 Å². The summed E-state index contributed by atoms with van der Waals surface area (Å²) in [4.78, 5) is 26.7. The number of carboxylic acid groups (broad SMARTS) is 1. The van der Waals surface area contributed by atoms with Gasteiger partial charge in [-0.2, -0.15) is 0 Å². The van der Waals surface area contributed by atoms with Gasteiger partial charge < -0.3 is 24.2 Å². The Morgan fingerprint density at radius 3 is 2.72 bits per heavy atom. The van der Waals surface area contributed by atoms with Crippen LogP contribution in [0.5, 0.6) is 5.75 Å². The van der Waals surface area contributed by atoms with Gasteiger partial charge in [0.1, 0.15) is 5.75 Å². The van der Waals surface area contributed by atoms with Crippen LogP contribution in [0.25, 0.3) is 0 Å². The molecule has 1 N–H and O–H groups in total. The number of nitrogens with zero attached hydrogens (tertiary/aromatic N) is 1. The highest BCUT2D eigenvalue weighted by Gasteiger charge is 2.45. The fraction of sp³-hybridized carbons (Fsp3) is 0.543. The van der Waals surface area contributed by atoms with E-state index in [2.05, 4.69) is 23.1 Å². The Labute approximate surface area is 259 Å². The fourth-order valence-corrected chi connectivity index (χ4v) is 8.13. The average molecular weight is 608 g/mol. The summed E-state index contributed by atoms with van der Waals surface area (Å²) in [6, 6.07) is 11.5. The first-order valence-corrected chi connectivity index (χ1v) is 16.1. The van der Waals surface area contributed by atoms with Crippen molar-refractivity contribution >= 4 is 29.2 Å². The summed E-state index contributed by atoms with van der Waals surface area (Å²) in [5.41, 5.74) is 4.78. The van der Waals surface area contributed by atoms with Crippen LogP contribution in [-0.2, 0) is 26.1 Å². The van der Waals surface area contributed by atoms with Crippen molar-refractivity contribution in [2.24, 2.45) is 17.8 Å². The molecule has 1 fully saturated rings. The summed E-state index contributed by atoms with van der Waals surface area (Å²) in [6.45, 7) is 4.35. The van der Waals surface area contributed by atoms with Crippen molar-refractivity contribution in [3.63, 3.8) is 0 Å². The van der Waals surface area contributed by atoms with E-state index in [-0.39, 0.29) is 29.0 Å². The van der Waals surface area contributed by atoms with Crippen molar-refractivity contribution in [1.82, 2.24) is 0 Å². The highest BCUT2D eigenvalue weighted by Crippen LogP contribution is 2.48. The third-order valence-electron chi connectivity index (χ3n) is 10.3. The van der Waals surface area contributed by atoms with Gasteiger partial charge in [-0.1, -0.05) is 23.7 Å². The summed E-state index contributed by atoms with van der Waals surface area (Å²) >= 11 is 6.40. The van der Waals surface area contributed by atoms with E-state index in [1.807, 2.05) is 19.1 Å². The molecule has 2 aromatic carbocycles. The van der Waals surface area contributed by atoms with E-state index in [1.165, 1.54) is 16.7 Å². The molecule has 6 rings (SSSR count). The number of hydrogen-bond acceptors (Lipinski definition) is 6. The van der Waals surface area contributed by atoms with Gasteiger partial charge in [-0.3, -0.25) is 4.79 Å². The Morgan fingerprint density at radius 2 is 2.02 bits per heavy atom. The number of aromatic carboxylic acids is 1. The van der Waals surface area contributed by atoms with E-state index in [9.17, 15) is 14.7 Å². The number of halogens is 1. The zero-order valence-corrected chi connectivity index (χ0v) is 25.9. The molecular formula is C35H42ClNO6. The van der Waals surface area contributed by atoms with Gasteiger partial charge in [-0.25, -0.2) is 4.79 Å². The molecule has 0 amide bonds. The quantitative estimate of drug-likeness (QED) is 0.260. The molecule has 230 valence electrons. The van der Waals surface area contributed by atoms with Crippen LogP contribution in [-0.4, -0.2) is 56.6 Å². The molecule has 1 unspecified atom stereocenters. The van der Waals surface area contributed by atoms with Crippen molar-refractivity contribution in [2.75, 3.05) is 38.3 Å². The molecule has 4 aliphatic rings. The van der Waals surface area contributed by atoms with Gasteiger partial charge >= 0.3 is 11.9 Å². The van der Waals surface area contributed by atoms with E-state index in [4.69, 9.17) is 25.8 Å². The second-order valence-corrected chi connectivity index (χ2v) is 13.2. The standard InChI is InChI=1S/C35H42ClNO6/c1-3-42-34(40)23-8-6-22(7-9-23)32(41-2)28-13-10-26(28)19-37-20-35(16-4-5-24-17-27(36)12-14-29(24)35)21-43-31-15-11-25(33(38)39)18-30(31)37/h6,11-12,14-15,17-18,23,26,28,32H,3-5,7-10,13,16,19-21H2,1-2H3,(H,38,39)/t23-,26+,28-,32-,35?/m1/s1. The van der Waals surface area contributed by atoms with Gasteiger partial charge in [-0.05, 0) is 117 Å². The van der Waals surface area contributed by atoms with Crippen LogP contribution in [0, 0.1) is 17.8 Å². The SMILES string of the molecule is CCOC(=O)[C@@H]1CC=C([C@@H](OC)[C@@H]2CC[C@H]2CN2CC3(CCCc4cc(Cl)ccc43)COc3ccc(C(=O)O)cc32)CC1. The first-order chi connectivity index (χ1) is 20.8. The van der Waals surface area contributed by atoms with E-state index >= 15 is 0 Å². The number of allylic oxidation sites excluding steroid dienone is 1. The number of carbonyl (C=O) groups is 2. The predicted octanol–water partition coefficient (Wildman–Crippen LogP) is 6.84. The number of benzene rings is 2. The maximum atomic E-state index is 12.3. The van der Waals surface area contributed by atoms with Crippen molar-refractivity contribution in [3.8, 4) is 5.75 Å². The topological polar surface area (TPSA) is 85.3 Å². The molecule has 1 aliphatic heterocycles. The summed E-state index contributed by atoms with van der Waals surface area (Å²) in [6.07, 6.45) is 9.80. The highest BCUT2D eigenvalue weighted by atomic mass is 35.5. The number of anilines is 1. The van der Waals surface area contributed by atoms with Crippen molar-refractivity contribution < 1.29 is 28.9 Å². The van der Waals surface area contributed by atoms with Gasteiger partial charge in [0, 0.05) is 30.6 Å². The van der Waals surface area contributed by atoms with E-state index in [0.717, 1.165) is 74.5 Å². The first kappa shape index (κ1) is 30.0. The number of hydrogen-bond donors (Lipinski definition) is 1. The lowest BCUT2D eigenvalue weighted by Gasteiger charge is -2.47. The summed E-state index contributed by atoms with van der Waals surface area (Å²) < 4.78 is 17.9. The minimum Gasteiger partial charge on any atom is -0.490 e. The van der Waals surface area contributed by atoms with Gasteiger partial charge in [0.2, 0.25) is 0 Å². The fourth-order valence-electron chi connectivity index (χ4n) is 7.94. The monoisotopic (exact) mass is 607 g/mol. The molecule has 2 aromatic rings. The molecular weight excluding hydrogens is 566 g/mol. The summed E-state index contributed by atoms with van der Waals surface area (Å²) in [5.74, 6) is 0.377. The largest absolute Gasteiger partial charge is 0.490 e. The van der Waals surface area contributed by atoms with Crippen LogP contribution >= 0.6 is 11.6 Å². The number of aryl methyl sites for hydroxylation is 1. The van der Waals surface area contributed by atoms with Gasteiger partial charge in [0.15, 0.2) is 0 Å². The second-order valence-electron chi connectivity index (χ2n) is 12.8. The minimum absolute atomic E-state index is 0.0152. The lowest BCUT2D eigenvalue weighted by atomic mass is 9.66. The van der Waals surface area contributed by atoms with Gasteiger partial charge in [0.25, 0.3) is 0 Å². The molecule has 0 radical (unpaired) electrons. The van der Waals surface area contributed by atoms with Crippen LogP contribution in [0.2, 0.25) is 5.02 Å². The molecule has 1 heterocycles. The molecule has 43 heavy (non-hydrogen) atoms. The number of ether oxygens (including phenoxy) is 3. The van der Waals surface area contributed by atoms with Crippen LogP contribution in [0.15, 0.2) is 48.0 Å². The average Bonchev–Trinajstić information content (AvgIpc) is 3.15. The lowest BCUT2D eigenvalue weighted by molar-refractivity contribution is -0.148. The molecule has 7 nitrogen and oxygen atoms in total. The number of rotatable bonds is 8. The van der Waals surface area contributed by atoms with E-state index < -0.39 is 5.97 Å². The molecule has 1 saturated carbocycles. The zero-order chi connectivity index (χ0) is 30.1. The molecule has 3 aliphatic carbocycles. The Kier molecular flexibility index (Phi) is 8.74. The summed E-state index contributed by atoms with van der Waals surface area (Å²) in [5, 5.41) is 10.6. The third-order valence-corrected chi connectivity index (χ3v) is 10.5. The third kappa shape index (κ3) is 5.91. The maximum absolute atomic E-state index is 12.3. The molecule has 0 bridgehead atoms. The van der Waals surface area contributed by atoms with E-state index in [1.54, 1.807) is 19.2 Å². The normalized spacial score (nSPS) is 27.1. The molecule has 8 heteroatoms. The minimum atomic E-state index is -0.939. The molecule has 1 spiro atoms. The molecule has 0 aromatic heterocycles. The van der Waals surface area contributed by atoms with Crippen LogP contribution in [0.1, 0.15) is 73.4 Å². The number of methoxy groups -OCH3 is 1. The number of esters is 1. The Bertz CT molecular complexity index is 1410. The number of carbonyl (C=O) groups excluding carboxylic acids is 1. The number of fused-ring (bicyclic) bond motifs is 3. The first-order valence-electron chi connectivity index (χ1n) is 15.7. The highest BCUT2D eigenvalue weighted by molar-refractivity contribution is 6.30. The summed E-state index contributed by atoms with van der Waals surface area (Å²) in [7, 11) is 1.80. The lowest BCUT2D eigenvalue weighted by Crippen LogP contribution is -2.50. The molecule has 5 atom stereocenters. The molecule has 0 saturated heterocycles. The van der Waals surface area contributed by atoms with Crippen LogP contribution < -0.4 is 9.64 Å². The zero-order valence-electron chi connectivity index (χ0n) is 25.1. The predicted molar refractivity (Wildman–Crippen MR) is 166 cm³/mol. The Hall–Kier alpha value is -3.03. The van der Waals surface area contributed by atoms with E-state index in [0.29, 0.717) is 31.5 Å². The van der Waals surface area contributed by atoms with Crippen LogP contribution in [0.3, 0.4) is 0 Å². The van der Waals surface area contributed by atoms with Crippen molar-refractivity contribution in [3.05, 3.63) is 69.8 Å². The number of carboxylic acids is 1.